The fraction of sp³-hybridized carbons (Fsp3) is 0.0455. The van der Waals surface area contributed by atoms with Crippen molar-refractivity contribution in [3.8, 4) is 0 Å². The van der Waals surface area contributed by atoms with Gasteiger partial charge in [-0.2, -0.15) is 0 Å². The SMILES string of the molecule is O=C(Nc1cccnc1)C(=O)c1cc(Cc2ccc(F)cc2)c2ccccn12. The monoisotopic (exact) mass is 373 g/mol. The number of nitrogens with one attached hydrogen (secondary N) is 1. The van der Waals surface area contributed by atoms with Crippen LogP contribution in [0.25, 0.3) is 5.52 Å². The summed E-state index contributed by atoms with van der Waals surface area (Å²) in [5.74, 6) is -1.67. The summed E-state index contributed by atoms with van der Waals surface area (Å²) in [4.78, 5) is 29.1. The van der Waals surface area contributed by atoms with Gasteiger partial charge in [-0.05, 0) is 60.0 Å². The van der Waals surface area contributed by atoms with Crippen molar-refractivity contribution in [3.63, 3.8) is 0 Å². The van der Waals surface area contributed by atoms with Crippen LogP contribution in [-0.2, 0) is 11.2 Å². The molecule has 0 bridgehead atoms. The summed E-state index contributed by atoms with van der Waals surface area (Å²) >= 11 is 0. The maximum absolute atomic E-state index is 13.2. The van der Waals surface area contributed by atoms with Crippen LogP contribution in [-0.4, -0.2) is 21.1 Å². The lowest BCUT2D eigenvalue weighted by Crippen LogP contribution is -2.24. The maximum Gasteiger partial charge on any atom is 0.298 e. The van der Waals surface area contributed by atoms with Crippen LogP contribution in [0.15, 0.2) is 79.3 Å². The minimum absolute atomic E-state index is 0.272. The largest absolute Gasteiger partial charge is 0.318 e. The number of ketones is 1. The van der Waals surface area contributed by atoms with Gasteiger partial charge in [-0.3, -0.25) is 14.6 Å². The van der Waals surface area contributed by atoms with Crippen molar-refractivity contribution in [2.75, 3.05) is 5.32 Å². The molecule has 0 saturated heterocycles. The number of nitrogens with zero attached hydrogens (tertiary/aromatic N) is 2. The third-order valence-corrected chi connectivity index (χ3v) is 4.43. The second-order valence-corrected chi connectivity index (χ2v) is 6.34. The van der Waals surface area contributed by atoms with E-state index in [0.29, 0.717) is 12.1 Å². The molecule has 0 atom stereocenters. The van der Waals surface area contributed by atoms with Crippen molar-refractivity contribution in [1.29, 1.82) is 0 Å². The number of Topliss-reactive ketones (excluding diaryl/α,β-unsaturated/α-hetero) is 1. The summed E-state index contributed by atoms with van der Waals surface area (Å²) < 4.78 is 14.9. The number of amides is 1. The molecular weight excluding hydrogens is 357 g/mol. The molecule has 0 radical (unpaired) electrons. The molecule has 4 aromatic rings. The van der Waals surface area contributed by atoms with Crippen molar-refractivity contribution < 1.29 is 14.0 Å². The standard InChI is InChI=1S/C22H16FN3O2/c23-17-8-6-15(7-9-17)12-16-13-20(26-11-2-1-5-19(16)26)21(27)22(28)25-18-4-3-10-24-14-18/h1-11,13-14H,12H2,(H,25,28). The highest BCUT2D eigenvalue weighted by atomic mass is 19.1. The Kier molecular flexibility index (Phi) is 4.68. The van der Waals surface area contributed by atoms with Crippen LogP contribution in [0.4, 0.5) is 10.1 Å². The molecule has 1 aromatic carbocycles. The lowest BCUT2D eigenvalue weighted by molar-refractivity contribution is -0.112. The van der Waals surface area contributed by atoms with E-state index in [-0.39, 0.29) is 11.5 Å². The van der Waals surface area contributed by atoms with E-state index < -0.39 is 11.7 Å². The molecule has 138 valence electrons. The molecule has 0 unspecified atom stereocenters. The van der Waals surface area contributed by atoms with Gasteiger partial charge in [-0.15, -0.1) is 0 Å². The number of benzene rings is 1. The van der Waals surface area contributed by atoms with Crippen molar-refractivity contribution in [3.05, 3.63) is 102 Å². The minimum atomic E-state index is -0.732. The van der Waals surface area contributed by atoms with Crippen molar-refractivity contribution >= 4 is 22.9 Å². The summed E-state index contributed by atoms with van der Waals surface area (Å²) in [5, 5.41) is 2.56. The summed E-state index contributed by atoms with van der Waals surface area (Å²) in [5.41, 5.74) is 3.34. The van der Waals surface area contributed by atoms with Crippen LogP contribution >= 0.6 is 0 Å². The fourth-order valence-corrected chi connectivity index (χ4v) is 3.10. The molecule has 3 aromatic heterocycles. The molecule has 5 nitrogen and oxygen atoms in total. The topological polar surface area (TPSA) is 63.5 Å². The number of halogens is 1. The van der Waals surface area contributed by atoms with E-state index in [9.17, 15) is 14.0 Å². The maximum atomic E-state index is 13.2. The summed E-state index contributed by atoms with van der Waals surface area (Å²) in [6.45, 7) is 0. The average Bonchev–Trinajstić information content (AvgIpc) is 3.08. The molecule has 0 aliphatic carbocycles. The number of aromatic nitrogens is 2. The molecule has 0 aliphatic rings. The predicted molar refractivity (Wildman–Crippen MR) is 104 cm³/mol. The van der Waals surface area contributed by atoms with Gasteiger partial charge >= 0.3 is 0 Å². The molecule has 3 heterocycles. The Morgan fingerprint density at radius 2 is 1.86 bits per heavy atom. The van der Waals surface area contributed by atoms with Gasteiger partial charge in [0.25, 0.3) is 11.7 Å². The van der Waals surface area contributed by atoms with Gasteiger partial charge in [0, 0.05) is 17.9 Å². The molecule has 0 spiro atoms. The zero-order chi connectivity index (χ0) is 19.5. The predicted octanol–water partition coefficient (Wildman–Crippen LogP) is 3.89. The number of fused-ring (bicyclic) bond motifs is 1. The van der Waals surface area contributed by atoms with Crippen LogP contribution < -0.4 is 5.32 Å². The Morgan fingerprint density at radius 3 is 2.61 bits per heavy atom. The molecule has 28 heavy (non-hydrogen) atoms. The Bertz CT molecular complexity index is 1150. The van der Waals surface area contributed by atoms with Crippen LogP contribution in [0.5, 0.6) is 0 Å². The van der Waals surface area contributed by atoms with E-state index in [4.69, 9.17) is 0 Å². The second-order valence-electron chi connectivity index (χ2n) is 6.34. The summed E-state index contributed by atoms with van der Waals surface area (Å²) in [6, 6.07) is 16.8. The minimum Gasteiger partial charge on any atom is -0.318 e. The molecule has 0 aliphatic heterocycles. The number of pyridine rings is 2. The smallest absolute Gasteiger partial charge is 0.298 e. The lowest BCUT2D eigenvalue weighted by atomic mass is 10.1. The number of rotatable bonds is 5. The van der Waals surface area contributed by atoms with Gasteiger partial charge in [-0.1, -0.05) is 18.2 Å². The van der Waals surface area contributed by atoms with E-state index in [1.165, 1.54) is 18.3 Å². The zero-order valence-corrected chi connectivity index (χ0v) is 14.8. The van der Waals surface area contributed by atoms with Crippen LogP contribution in [0, 0.1) is 5.82 Å². The average molecular weight is 373 g/mol. The van der Waals surface area contributed by atoms with E-state index >= 15 is 0 Å². The zero-order valence-electron chi connectivity index (χ0n) is 14.8. The quantitative estimate of drug-likeness (QED) is 0.426. The fourth-order valence-electron chi connectivity index (χ4n) is 3.10. The van der Waals surface area contributed by atoms with Gasteiger partial charge < -0.3 is 9.72 Å². The number of hydrogen-bond donors (Lipinski definition) is 1. The number of hydrogen-bond acceptors (Lipinski definition) is 3. The van der Waals surface area contributed by atoms with E-state index in [2.05, 4.69) is 10.3 Å². The Labute approximate surface area is 160 Å². The first-order chi connectivity index (χ1) is 13.6. The van der Waals surface area contributed by atoms with Crippen LogP contribution in [0.3, 0.4) is 0 Å². The van der Waals surface area contributed by atoms with Crippen molar-refractivity contribution in [2.45, 2.75) is 6.42 Å². The summed E-state index contributed by atoms with van der Waals surface area (Å²) in [7, 11) is 0. The summed E-state index contributed by atoms with van der Waals surface area (Å²) in [6.07, 6.45) is 5.32. The molecule has 6 heteroatoms. The van der Waals surface area contributed by atoms with Gasteiger partial charge in [0.15, 0.2) is 0 Å². The van der Waals surface area contributed by atoms with Gasteiger partial charge in [-0.25, -0.2) is 4.39 Å². The molecule has 0 fully saturated rings. The number of carbonyl (C=O) groups excluding carboxylic acids is 2. The van der Waals surface area contributed by atoms with Gasteiger partial charge in [0.05, 0.1) is 17.6 Å². The highest BCUT2D eigenvalue weighted by Gasteiger charge is 2.22. The van der Waals surface area contributed by atoms with Crippen molar-refractivity contribution in [1.82, 2.24) is 9.38 Å². The molecule has 4 rings (SSSR count). The molecule has 1 N–H and O–H groups in total. The Morgan fingerprint density at radius 1 is 1.04 bits per heavy atom. The third kappa shape index (κ3) is 3.53. The van der Waals surface area contributed by atoms with E-state index in [1.807, 2.05) is 12.1 Å². The first kappa shape index (κ1) is 17.6. The Hall–Kier alpha value is -3.80. The van der Waals surface area contributed by atoms with E-state index in [1.54, 1.807) is 53.2 Å². The Balaban J connectivity index is 1.66. The third-order valence-electron chi connectivity index (χ3n) is 4.43. The van der Waals surface area contributed by atoms with Crippen molar-refractivity contribution in [2.24, 2.45) is 0 Å². The number of carbonyl (C=O) groups is 2. The first-order valence-electron chi connectivity index (χ1n) is 8.71. The normalized spacial score (nSPS) is 10.8. The van der Waals surface area contributed by atoms with Gasteiger partial charge in [0.2, 0.25) is 0 Å². The molecule has 1 amide bonds. The van der Waals surface area contributed by atoms with Crippen LogP contribution in [0.1, 0.15) is 21.6 Å². The first-order valence-corrected chi connectivity index (χ1v) is 8.71. The van der Waals surface area contributed by atoms with Crippen LogP contribution in [0.2, 0.25) is 0 Å². The highest BCUT2D eigenvalue weighted by molar-refractivity contribution is 6.46. The lowest BCUT2D eigenvalue weighted by Gasteiger charge is -2.04. The van der Waals surface area contributed by atoms with Gasteiger partial charge in [0.1, 0.15) is 5.82 Å². The highest BCUT2D eigenvalue weighted by Crippen LogP contribution is 2.21. The van der Waals surface area contributed by atoms with E-state index in [0.717, 1.165) is 16.6 Å². The molecule has 0 saturated carbocycles. The molecular formula is C22H16FN3O2. The second kappa shape index (κ2) is 7.44. The number of anilines is 1.